The fourth-order valence-corrected chi connectivity index (χ4v) is 4.10. The number of hydrogen-bond acceptors (Lipinski definition) is 2. The van der Waals surface area contributed by atoms with Crippen LogP contribution >= 0.6 is 11.8 Å². The molecular weight excluding hydrogens is 230 g/mol. The Bertz CT molecular complexity index is 283. The average Bonchev–Trinajstić information content (AvgIpc) is 2.47. The van der Waals surface area contributed by atoms with Crippen molar-refractivity contribution in [3.63, 3.8) is 0 Å². The summed E-state index contributed by atoms with van der Waals surface area (Å²) in [5, 5.41) is 0.784. The Morgan fingerprint density at radius 1 is 1.24 bits per heavy atom. The quantitative estimate of drug-likeness (QED) is 0.754. The van der Waals surface area contributed by atoms with E-state index in [9.17, 15) is 4.79 Å². The number of thioether (sulfide) groups is 1. The molecule has 2 bridgehead atoms. The molecule has 1 amide bonds. The van der Waals surface area contributed by atoms with Crippen molar-refractivity contribution in [1.29, 1.82) is 0 Å². The minimum absolute atomic E-state index is 0.118. The smallest absolute Gasteiger partial charge is 0.223 e. The lowest BCUT2D eigenvalue weighted by atomic mass is 9.90. The molecule has 2 heterocycles. The second-order valence-electron chi connectivity index (χ2n) is 6.75. The molecule has 0 aromatic rings. The number of piperidine rings is 1. The number of nitrogens with zero attached hydrogens (tertiary/aromatic N) is 1. The molecule has 0 saturated carbocycles. The van der Waals surface area contributed by atoms with Gasteiger partial charge in [0.05, 0.1) is 0 Å². The van der Waals surface area contributed by atoms with E-state index in [1.54, 1.807) is 0 Å². The first-order valence-electron chi connectivity index (χ1n) is 6.74. The summed E-state index contributed by atoms with van der Waals surface area (Å²) in [6.07, 6.45) is 7.80. The molecule has 2 unspecified atom stereocenters. The second-order valence-corrected chi connectivity index (χ2v) is 7.89. The van der Waals surface area contributed by atoms with Crippen molar-refractivity contribution in [3.8, 4) is 0 Å². The topological polar surface area (TPSA) is 20.3 Å². The van der Waals surface area contributed by atoms with E-state index in [0.29, 0.717) is 24.4 Å². The molecule has 0 N–H and O–H groups in total. The Balaban J connectivity index is 2.01. The van der Waals surface area contributed by atoms with E-state index in [1.165, 1.54) is 25.7 Å². The maximum Gasteiger partial charge on any atom is 0.223 e. The number of hydrogen-bond donors (Lipinski definition) is 0. The van der Waals surface area contributed by atoms with E-state index in [2.05, 4.69) is 31.9 Å². The van der Waals surface area contributed by atoms with Crippen LogP contribution in [-0.4, -0.2) is 34.4 Å². The third kappa shape index (κ3) is 2.98. The normalized spacial score (nSPS) is 32.9. The Morgan fingerprint density at radius 3 is 2.18 bits per heavy atom. The molecule has 98 valence electrons. The van der Waals surface area contributed by atoms with E-state index in [0.717, 1.165) is 5.25 Å². The van der Waals surface area contributed by atoms with E-state index in [-0.39, 0.29) is 5.41 Å². The van der Waals surface area contributed by atoms with Gasteiger partial charge in [0.25, 0.3) is 0 Å². The average molecular weight is 255 g/mol. The van der Waals surface area contributed by atoms with Crippen LogP contribution in [-0.2, 0) is 4.79 Å². The number of carbonyl (C=O) groups is 1. The Hall–Kier alpha value is -0.180. The highest BCUT2D eigenvalue weighted by Gasteiger charge is 2.43. The molecule has 2 saturated heterocycles. The van der Waals surface area contributed by atoms with Gasteiger partial charge in [-0.05, 0) is 37.4 Å². The zero-order valence-electron chi connectivity index (χ0n) is 11.5. The van der Waals surface area contributed by atoms with Gasteiger partial charge in [0.15, 0.2) is 0 Å². The minimum atomic E-state index is 0.118. The fraction of sp³-hybridized carbons (Fsp3) is 0.929. The Labute approximate surface area is 110 Å². The minimum Gasteiger partial charge on any atom is -0.337 e. The standard InChI is InChI=1S/C14H25NOS/c1-14(2,3)9-13(16)15-10-5-6-11(15)8-12(7-10)17-4/h10-12H,5-9H2,1-4H3. The molecule has 2 fully saturated rings. The lowest BCUT2D eigenvalue weighted by Gasteiger charge is -2.39. The predicted octanol–water partition coefficient (Wildman–Crippen LogP) is 3.31. The summed E-state index contributed by atoms with van der Waals surface area (Å²) >= 11 is 1.98. The third-order valence-corrected chi connectivity index (χ3v) is 5.04. The number of rotatable bonds is 2. The van der Waals surface area contributed by atoms with Crippen LogP contribution in [0, 0.1) is 5.41 Å². The zero-order valence-corrected chi connectivity index (χ0v) is 12.3. The first-order valence-corrected chi connectivity index (χ1v) is 8.03. The summed E-state index contributed by atoms with van der Waals surface area (Å²) in [6, 6.07) is 1.09. The highest BCUT2D eigenvalue weighted by molar-refractivity contribution is 7.99. The summed E-state index contributed by atoms with van der Waals surface area (Å²) in [6.45, 7) is 6.46. The lowest BCUT2D eigenvalue weighted by molar-refractivity contribution is -0.137. The molecule has 2 atom stereocenters. The number of fused-ring (bicyclic) bond motifs is 2. The van der Waals surface area contributed by atoms with Crippen molar-refractivity contribution < 1.29 is 4.79 Å². The summed E-state index contributed by atoms with van der Waals surface area (Å²) in [7, 11) is 0. The number of amides is 1. The molecule has 0 radical (unpaired) electrons. The first kappa shape index (κ1) is 13.3. The largest absolute Gasteiger partial charge is 0.337 e. The van der Waals surface area contributed by atoms with Gasteiger partial charge in [0.1, 0.15) is 0 Å². The van der Waals surface area contributed by atoms with Gasteiger partial charge in [-0.25, -0.2) is 0 Å². The van der Waals surface area contributed by atoms with Crippen LogP contribution in [0.2, 0.25) is 0 Å². The summed E-state index contributed by atoms with van der Waals surface area (Å²) in [5.41, 5.74) is 0.118. The van der Waals surface area contributed by atoms with Crippen molar-refractivity contribution in [2.45, 2.75) is 70.2 Å². The van der Waals surface area contributed by atoms with Crippen molar-refractivity contribution in [2.75, 3.05) is 6.26 Å². The van der Waals surface area contributed by atoms with Crippen LogP contribution in [0.4, 0.5) is 0 Å². The van der Waals surface area contributed by atoms with Crippen molar-refractivity contribution in [1.82, 2.24) is 4.90 Å². The van der Waals surface area contributed by atoms with Gasteiger partial charge in [0.2, 0.25) is 5.91 Å². The molecule has 0 aromatic carbocycles. The van der Waals surface area contributed by atoms with Crippen LogP contribution in [0.3, 0.4) is 0 Å². The molecule has 2 aliphatic heterocycles. The SMILES string of the molecule is CSC1CC2CCC(C1)N2C(=O)CC(C)(C)C. The molecule has 0 aromatic heterocycles. The van der Waals surface area contributed by atoms with Gasteiger partial charge in [-0.2, -0.15) is 11.8 Å². The van der Waals surface area contributed by atoms with Crippen LogP contribution in [0.5, 0.6) is 0 Å². The summed E-state index contributed by atoms with van der Waals surface area (Å²) in [4.78, 5) is 14.6. The van der Waals surface area contributed by atoms with E-state index in [4.69, 9.17) is 0 Å². The van der Waals surface area contributed by atoms with Crippen molar-refractivity contribution in [2.24, 2.45) is 5.41 Å². The van der Waals surface area contributed by atoms with Crippen molar-refractivity contribution in [3.05, 3.63) is 0 Å². The molecule has 0 aliphatic carbocycles. The molecule has 2 nitrogen and oxygen atoms in total. The lowest BCUT2D eigenvalue weighted by Crippen LogP contribution is -2.48. The van der Waals surface area contributed by atoms with Crippen molar-refractivity contribution >= 4 is 17.7 Å². The Kier molecular flexibility index (Phi) is 3.77. The number of carbonyl (C=O) groups excluding carboxylic acids is 1. The highest BCUT2D eigenvalue weighted by atomic mass is 32.2. The molecular formula is C14H25NOS. The first-order chi connectivity index (χ1) is 7.90. The molecule has 0 spiro atoms. The van der Waals surface area contributed by atoms with Gasteiger partial charge >= 0.3 is 0 Å². The van der Waals surface area contributed by atoms with Crippen LogP contribution in [0.15, 0.2) is 0 Å². The van der Waals surface area contributed by atoms with Gasteiger partial charge in [-0.1, -0.05) is 20.8 Å². The molecule has 17 heavy (non-hydrogen) atoms. The summed E-state index contributed by atoms with van der Waals surface area (Å²) in [5.74, 6) is 0.393. The van der Waals surface area contributed by atoms with Gasteiger partial charge in [-0.3, -0.25) is 4.79 Å². The monoisotopic (exact) mass is 255 g/mol. The van der Waals surface area contributed by atoms with E-state index in [1.807, 2.05) is 11.8 Å². The van der Waals surface area contributed by atoms with Gasteiger partial charge < -0.3 is 4.90 Å². The van der Waals surface area contributed by atoms with Gasteiger partial charge in [-0.15, -0.1) is 0 Å². The zero-order chi connectivity index (χ0) is 12.6. The predicted molar refractivity (Wildman–Crippen MR) is 74.3 cm³/mol. The fourth-order valence-electron chi connectivity index (χ4n) is 3.27. The molecule has 2 aliphatic rings. The molecule has 3 heteroatoms. The highest BCUT2D eigenvalue weighted by Crippen LogP contribution is 2.40. The Morgan fingerprint density at radius 2 is 1.76 bits per heavy atom. The third-order valence-electron chi connectivity index (χ3n) is 3.99. The maximum atomic E-state index is 12.4. The van der Waals surface area contributed by atoms with Crippen LogP contribution in [0.25, 0.3) is 0 Å². The van der Waals surface area contributed by atoms with E-state index < -0.39 is 0 Å². The second kappa shape index (κ2) is 4.83. The molecule has 2 rings (SSSR count). The summed E-state index contributed by atoms with van der Waals surface area (Å²) < 4.78 is 0. The van der Waals surface area contributed by atoms with Crippen LogP contribution < -0.4 is 0 Å². The van der Waals surface area contributed by atoms with E-state index >= 15 is 0 Å². The van der Waals surface area contributed by atoms with Crippen LogP contribution in [0.1, 0.15) is 52.9 Å². The van der Waals surface area contributed by atoms with Gasteiger partial charge in [0, 0.05) is 23.8 Å². The maximum absolute atomic E-state index is 12.4.